The molecule has 0 aromatic carbocycles. The first-order chi connectivity index (χ1) is 11.2. The van der Waals surface area contributed by atoms with Crippen LogP contribution in [0.15, 0.2) is 11.6 Å². The number of nitrogens with one attached hydrogen (secondary N) is 1. The minimum absolute atomic E-state index is 0.0833. The van der Waals surface area contributed by atoms with Gasteiger partial charge in [0.05, 0.1) is 6.04 Å². The Hall–Kier alpha value is -1.16. The molecule has 0 bridgehead atoms. The Balaban J connectivity index is 2.07. The van der Waals surface area contributed by atoms with Gasteiger partial charge in [-0.15, -0.1) is 0 Å². The van der Waals surface area contributed by atoms with E-state index in [1.807, 2.05) is 0 Å². The second-order valence-electron chi connectivity index (χ2n) is 6.42. The van der Waals surface area contributed by atoms with Crippen LogP contribution in [0, 0.1) is 5.92 Å². The van der Waals surface area contributed by atoms with Crippen LogP contribution in [0.5, 0.6) is 0 Å². The maximum Gasteiger partial charge on any atom is 0.295 e. The van der Waals surface area contributed by atoms with Gasteiger partial charge >= 0.3 is 0 Å². The number of hydrogen-bond acceptors (Lipinski definition) is 6. The zero-order chi connectivity index (χ0) is 18.0. The maximum absolute atomic E-state index is 13.2. The molecule has 0 unspecified atom stereocenters. The van der Waals surface area contributed by atoms with Crippen LogP contribution in [0.1, 0.15) is 25.7 Å². The van der Waals surface area contributed by atoms with Crippen molar-refractivity contribution in [1.82, 2.24) is 5.32 Å². The summed E-state index contributed by atoms with van der Waals surface area (Å²) in [7, 11) is 0. The molecule has 0 radical (unpaired) electrons. The predicted molar refractivity (Wildman–Crippen MR) is 76.9 cm³/mol. The summed E-state index contributed by atoms with van der Waals surface area (Å²) in [6, 6.07) is -1.17. The van der Waals surface area contributed by atoms with Crippen LogP contribution in [0.3, 0.4) is 0 Å². The molecule has 1 saturated carbocycles. The van der Waals surface area contributed by atoms with Crippen molar-refractivity contribution in [3.8, 4) is 0 Å². The van der Waals surface area contributed by atoms with Gasteiger partial charge in [-0.2, -0.15) is 0 Å². The van der Waals surface area contributed by atoms with Crippen LogP contribution >= 0.6 is 0 Å². The van der Waals surface area contributed by atoms with Crippen LogP contribution in [0.25, 0.3) is 0 Å². The molecule has 0 spiro atoms. The number of carbonyl (C=O) groups is 1. The van der Waals surface area contributed by atoms with E-state index in [1.165, 1.54) is 0 Å². The van der Waals surface area contributed by atoms with Crippen molar-refractivity contribution in [3.05, 3.63) is 11.6 Å². The van der Waals surface area contributed by atoms with E-state index in [9.17, 15) is 33.3 Å². The molecule has 4 atom stereocenters. The van der Waals surface area contributed by atoms with Crippen LogP contribution in [-0.2, 0) is 9.53 Å². The van der Waals surface area contributed by atoms with Gasteiger partial charge in [0.25, 0.3) is 12.3 Å². The summed E-state index contributed by atoms with van der Waals surface area (Å²) in [5.74, 6) is -5.22. The van der Waals surface area contributed by atoms with Crippen molar-refractivity contribution >= 4 is 6.47 Å². The quantitative estimate of drug-likeness (QED) is 0.311. The lowest BCUT2D eigenvalue weighted by molar-refractivity contribution is -0.264. The normalized spacial score (nSPS) is 36.9. The van der Waals surface area contributed by atoms with E-state index in [0.717, 1.165) is 6.08 Å². The predicted octanol–water partition coefficient (Wildman–Crippen LogP) is 0.263. The zero-order valence-corrected chi connectivity index (χ0v) is 13.0. The molecule has 0 heterocycles. The molecule has 9 heteroatoms. The third-order valence-corrected chi connectivity index (χ3v) is 4.78. The van der Waals surface area contributed by atoms with Gasteiger partial charge in [-0.3, -0.25) is 4.79 Å². The molecule has 0 aromatic heterocycles. The minimum Gasteiger partial charge on any atom is -0.430 e. The number of alkyl halides is 3. The number of aliphatic hydroxyl groups is 3. The lowest BCUT2D eigenvalue weighted by Crippen LogP contribution is -2.65. The van der Waals surface area contributed by atoms with E-state index in [2.05, 4.69) is 10.1 Å². The molecule has 0 aromatic rings. The average molecular weight is 353 g/mol. The average Bonchev–Trinajstić information content (AvgIpc) is 2.54. The van der Waals surface area contributed by atoms with Crippen LogP contribution in [0.4, 0.5) is 13.2 Å². The highest BCUT2D eigenvalue weighted by Crippen LogP contribution is 2.36. The van der Waals surface area contributed by atoms with E-state index in [4.69, 9.17) is 0 Å². The summed E-state index contributed by atoms with van der Waals surface area (Å²) in [6.45, 7) is -0.923. The number of carbonyl (C=O) groups excluding carboxylic acids is 1. The largest absolute Gasteiger partial charge is 0.430 e. The molecule has 0 amide bonds. The van der Waals surface area contributed by atoms with E-state index in [0.29, 0.717) is 0 Å². The van der Waals surface area contributed by atoms with Gasteiger partial charge in [-0.05, 0) is 30.9 Å². The molecule has 4 N–H and O–H groups in total. The number of ether oxygens (including phenoxy) is 1. The molecular weight excluding hydrogens is 331 g/mol. The Morgan fingerprint density at radius 2 is 1.96 bits per heavy atom. The molecule has 1 fully saturated rings. The van der Waals surface area contributed by atoms with E-state index in [-0.39, 0.29) is 50.2 Å². The van der Waals surface area contributed by atoms with Crippen LogP contribution < -0.4 is 5.32 Å². The van der Waals surface area contributed by atoms with Crippen molar-refractivity contribution in [2.75, 3.05) is 13.2 Å². The molecule has 2 aliphatic carbocycles. The van der Waals surface area contributed by atoms with Gasteiger partial charge in [0.2, 0.25) is 5.92 Å². The second-order valence-corrected chi connectivity index (χ2v) is 6.42. The van der Waals surface area contributed by atoms with Gasteiger partial charge in [0.15, 0.2) is 6.10 Å². The molecule has 6 nitrogen and oxygen atoms in total. The van der Waals surface area contributed by atoms with Gasteiger partial charge in [-0.25, -0.2) is 13.2 Å². The highest BCUT2D eigenvalue weighted by Gasteiger charge is 2.52. The SMILES string of the molecule is O=CO[C@@]1(O)[C@H](NCC2CCC(F)(F)CC2)C=C(CF)[C@H](O)[C@@H]1O. The van der Waals surface area contributed by atoms with Gasteiger partial charge in [0, 0.05) is 12.8 Å². The Kier molecular flexibility index (Phi) is 5.90. The van der Waals surface area contributed by atoms with Crippen molar-refractivity contribution < 1.29 is 38.0 Å². The fourth-order valence-electron chi connectivity index (χ4n) is 3.19. The Morgan fingerprint density at radius 3 is 2.50 bits per heavy atom. The number of hydrogen-bond donors (Lipinski definition) is 4. The van der Waals surface area contributed by atoms with Crippen LogP contribution in [-0.4, -0.2) is 65.0 Å². The topological polar surface area (TPSA) is 99.0 Å². The van der Waals surface area contributed by atoms with Crippen molar-refractivity contribution in [2.45, 2.75) is 55.6 Å². The Morgan fingerprint density at radius 1 is 1.33 bits per heavy atom. The summed E-state index contributed by atoms with van der Waals surface area (Å²) in [4.78, 5) is 10.6. The highest BCUT2D eigenvalue weighted by atomic mass is 19.3. The Labute approximate surface area is 137 Å². The minimum atomic E-state index is -2.66. The van der Waals surface area contributed by atoms with Gasteiger partial charge in [0.1, 0.15) is 12.8 Å². The third kappa shape index (κ3) is 3.90. The highest BCUT2D eigenvalue weighted by molar-refractivity contribution is 5.40. The standard InChI is InChI=1S/C15H22F3NO5/c16-6-10-5-11(15(23,24-8-20)13(22)12(10)21)19-7-9-1-3-14(17,18)4-2-9/h5,8-9,11-13,19,21-23H,1-4,6-7H2/t11-,12+,13+,15+/m1/s1. The molecule has 2 aliphatic rings. The summed E-state index contributed by atoms with van der Waals surface area (Å²) in [6.07, 6.45) is -2.40. The number of aliphatic hydroxyl groups excluding tert-OH is 2. The molecule has 2 rings (SSSR count). The first-order valence-electron chi connectivity index (χ1n) is 7.81. The van der Waals surface area contributed by atoms with Crippen LogP contribution in [0.2, 0.25) is 0 Å². The van der Waals surface area contributed by atoms with E-state index >= 15 is 0 Å². The molecule has 0 aliphatic heterocycles. The third-order valence-electron chi connectivity index (χ3n) is 4.78. The zero-order valence-electron chi connectivity index (χ0n) is 13.0. The summed E-state index contributed by atoms with van der Waals surface area (Å²) in [5.41, 5.74) is -0.158. The van der Waals surface area contributed by atoms with Crippen molar-refractivity contribution in [1.29, 1.82) is 0 Å². The lowest BCUT2D eigenvalue weighted by atomic mass is 9.83. The van der Waals surface area contributed by atoms with E-state index in [1.54, 1.807) is 0 Å². The first kappa shape index (κ1) is 19.2. The fraction of sp³-hybridized carbons (Fsp3) is 0.800. The molecule has 24 heavy (non-hydrogen) atoms. The molecule has 0 saturated heterocycles. The smallest absolute Gasteiger partial charge is 0.295 e. The lowest BCUT2D eigenvalue weighted by Gasteiger charge is -2.43. The van der Waals surface area contributed by atoms with E-state index < -0.39 is 36.6 Å². The second kappa shape index (κ2) is 7.38. The number of rotatable bonds is 6. The number of halogens is 3. The summed E-state index contributed by atoms with van der Waals surface area (Å²) in [5, 5.41) is 32.9. The summed E-state index contributed by atoms with van der Waals surface area (Å²) >= 11 is 0. The van der Waals surface area contributed by atoms with Crippen molar-refractivity contribution in [3.63, 3.8) is 0 Å². The van der Waals surface area contributed by atoms with Gasteiger partial charge < -0.3 is 25.4 Å². The molecule has 138 valence electrons. The Bertz CT molecular complexity index is 480. The maximum atomic E-state index is 13.2. The monoisotopic (exact) mass is 353 g/mol. The molecular formula is C15H22F3NO5. The van der Waals surface area contributed by atoms with Gasteiger partial charge in [-0.1, -0.05) is 6.08 Å². The summed E-state index contributed by atoms with van der Waals surface area (Å²) < 4.78 is 43.8. The van der Waals surface area contributed by atoms with Crippen molar-refractivity contribution in [2.24, 2.45) is 5.92 Å². The first-order valence-corrected chi connectivity index (χ1v) is 7.81. The fourth-order valence-corrected chi connectivity index (χ4v) is 3.19.